The lowest BCUT2D eigenvalue weighted by Crippen LogP contribution is -2.11. The number of nitrogens with zero attached hydrogens (tertiary/aromatic N) is 5. The number of rotatable bonds is 5. The van der Waals surface area contributed by atoms with E-state index in [0.717, 1.165) is 11.5 Å². The van der Waals surface area contributed by atoms with Crippen LogP contribution in [0.5, 0.6) is 5.75 Å². The first-order chi connectivity index (χ1) is 14.0. The van der Waals surface area contributed by atoms with Crippen LogP contribution in [0, 0.1) is 12.7 Å². The van der Waals surface area contributed by atoms with Crippen molar-refractivity contribution >= 4 is 22.6 Å². The molecule has 0 aliphatic heterocycles. The maximum absolute atomic E-state index is 13.5. The molecule has 29 heavy (non-hydrogen) atoms. The van der Waals surface area contributed by atoms with Gasteiger partial charge in [-0.05, 0) is 49.4 Å². The summed E-state index contributed by atoms with van der Waals surface area (Å²) < 4.78 is 24.3. The Morgan fingerprint density at radius 2 is 2.00 bits per heavy atom. The van der Waals surface area contributed by atoms with Gasteiger partial charge in [0.2, 0.25) is 5.13 Å². The summed E-state index contributed by atoms with van der Waals surface area (Å²) in [6.45, 7) is 1.79. The Hall–Kier alpha value is -3.66. The molecule has 0 saturated heterocycles. The molecule has 8 nitrogen and oxygen atoms in total. The highest BCUT2D eigenvalue weighted by Crippen LogP contribution is 2.24. The second-order valence-corrected chi connectivity index (χ2v) is 6.77. The topological polar surface area (TPSA) is 94.8 Å². The average molecular weight is 410 g/mol. The number of methoxy groups -OCH3 is 1. The van der Waals surface area contributed by atoms with Crippen LogP contribution in [-0.4, -0.2) is 37.4 Å². The van der Waals surface area contributed by atoms with Gasteiger partial charge in [0, 0.05) is 17.1 Å². The summed E-state index contributed by atoms with van der Waals surface area (Å²) in [7, 11) is 1.56. The highest BCUT2D eigenvalue weighted by atomic mass is 32.1. The van der Waals surface area contributed by atoms with Crippen molar-refractivity contribution in [2.45, 2.75) is 6.92 Å². The lowest BCUT2D eigenvalue weighted by molar-refractivity contribution is 0.102. The zero-order chi connectivity index (χ0) is 20.4. The largest absolute Gasteiger partial charge is 0.497 e. The van der Waals surface area contributed by atoms with Gasteiger partial charge in [-0.3, -0.25) is 10.1 Å². The van der Waals surface area contributed by atoms with E-state index in [1.54, 1.807) is 50.4 Å². The molecular weight excluding hydrogens is 395 g/mol. The summed E-state index contributed by atoms with van der Waals surface area (Å²) in [5.41, 5.74) is 2.12. The molecule has 0 bridgehead atoms. The molecule has 0 aliphatic rings. The van der Waals surface area contributed by atoms with Gasteiger partial charge in [0.25, 0.3) is 5.91 Å². The van der Waals surface area contributed by atoms with Gasteiger partial charge >= 0.3 is 0 Å². The zero-order valence-corrected chi connectivity index (χ0v) is 16.3. The van der Waals surface area contributed by atoms with Crippen molar-refractivity contribution in [3.63, 3.8) is 0 Å². The molecule has 10 heteroatoms. The van der Waals surface area contributed by atoms with Crippen LogP contribution in [0.4, 0.5) is 9.52 Å². The highest BCUT2D eigenvalue weighted by Gasteiger charge is 2.18. The van der Waals surface area contributed by atoms with Crippen molar-refractivity contribution in [3.05, 3.63) is 65.6 Å². The van der Waals surface area contributed by atoms with Crippen LogP contribution in [0.15, 0.2) is 48.5 Å². The van der Waals surface area contributed by atoms with Crippen LogP contribution in [0.25, 0.3) is 17.2 Å². The predicted octanol–water partition coefficient (Wildman–Crippen LogP) is 3.49. The van der Waals surface area contributed by atoms with Crippen molar-refractivity contribution in [1.82, 2.24) is 24.4 Å². The summed E-state index contributed by atoms with van der Waals surface area (Å²) in [4.78, 5) is 16.7. The Morgan fingerprint density at radius 3 is 2.72 bits per heavy atom. The number of nitrogens with one attached hydrogen (secondary N) is 1. The number of carbonyl (C=O) groups is 1. The van der Waals surface area contributed by atoms with Gasteiger partial charge in [-0.15, -0.1) is 5.10 Å². The third-order valence-corrected chi connectivity index (χ3v) is 4.79. The molecule has 2 aromatic heterocycles. The Balaban J connectivity index is 1.54. The summed E-state index contributed by atoms with van der Waals surface area (Å²) in [5.74, 6) is 0.321. The van der Waals surface area contributed by atoms with Crippen LogP contribution < -0.4 is 10.1 Å². The standard InChI is InChI=1S/C19H15FN6O2S/c1-11-16(23-25-26(11)14-5-3-4-13(20)10-14)17-21-19(29-24-17)22-18(27)12-6-8-15(28-2)9-7-12/h3-10H,1-2H3,(H,21,22,24,27). The lowest BCUT2D eigenvalue weighted by Gasteiger charge is -2.03. The third kappa shape index (κ3) is 3.83. The van der Waals surface area contributed by atoms with Crippen LogP contribution in [0.3, 0.4) is 0 Å². The molecule has 2 heterocycles. The zero-order valence-electron chi connectivity index (χ0n) is 15.5. The number of halogens is 1. The van der Waals surface area contributed by atoms with Gasteiger partial charge in [-0.25, -0.2) is 9.07 Å². The molecule has 0 fully saturated rings. The van der Waals surface area contributed by atoms with E-state index in [1.807, 2.05) is 0 Å². The summed E-state index contributed by atoms with van der Waals surface area (Å²) in [6.07, 6.45) is 0. The minimum atomic E-state index is -0.366. The van der Waals surface area contributed by atoms with E-state index in [2.05, 4.69) is 25.0 Å². The lowest BCUT2D eigenvalue weighted by atomic mass is 10.2. The quantitative estimate of drug-likeness (QED) is 0.541. The molecule has 0 spiro atoms. The smallest absolute Gasteiger partial charge is 0.257 e. The van der Waals surface area contributed by atoms with Crippen molar-refractivity contribution in [3.8, 4) is 23.0 Å². The second kappa shape index (κ2) is 7.76. The van der Waals surface area contributed by atoms with E-state index in [0.29, 0.717) is 39.3 Å². The van der Waals surface area contributed by atoms with E-state index in [4.69, 9.17) is 4.74 Å². The maximum Gasteiger partial charge on any atom is 0.257 e. The number of ether oxygens (including phenoxy) is 1. The van der Waals surface area contributed by atoms with Crippen LogP contribution >= 0.6 is 11.5 Å². The monoisotopic (exact) mass is 410 g/mol. The Morgan fingerprint density at radius 1 is 1.21 bits per heavy atom. The Kier molecular flexibility index (Phi) is 5.00. The highest BCUT2D eigenvalue weighted by molar-refractivity contribution is 7.10. The number of benzene rings is 2. The summed E-state index contributed by atoms with van der Waals surface area (Å²) in [6, 6.07) is 12.8. The van der Waals surface area contributed by atoms with Gasteiger partial charge in [0.15, 0.2) is 11.5 Å². The fraction of sp³-hybridized carbons (Fsp3) is 0.105. The normalized spacial score (nSPS) is 10.7. The predicted molar refractivity (Wildman–Crippen MR) is 106 cm³/mol. The summed E-state index contributed by atoms with van der Waals surface area (Å²) >= 11 is 1.04. The number of hydrogen-bond donors (Lipinski definition) is 1. The first-order valence-electron chi connectivity index (χ1n) is 8.53. The van der Waals surface area contributed by atoms with E-state index < -0.39 is 0 Å². The van der Waals surface area contributed by atoms with Crippen molar-refractivity contribution in [1.29, 1.82) is 0 Å². The minimum Gasteiger partial charge on any atom is -0.497 e. The van der Waals surface area contributed by atoms with Gasteiger partial charge in [0.1, 0.15) is 11.6 Å². The molecule has 1 amide bonds. The summed E-state index contributed by atoms with van der Waals surface area (Å²) in [5, 5.41) is 11.2. The van der Waals surface area contributed by atoms with Crippen LogP contribution in [0.2, 0.25) is 0 Å². The van der Waals surface area contributed by atoms with Gasteiger partial charge in [0.05, 0.1) is 18.5 Å². The Bertz CT molecular complexity index is 1170. The molecule has 0 saturated carbocycles. The molecule has 1 N–H and O–H groups in total. The van der Waals surface area contributed by atoms with Crippen LogP contribution in [0.1, 0.15) is 16.1 Å². The van der Waals surface area contributed by atoms with E-state index in [1.165, 1.54) is 16.8 Å². The second-order valence-electron chi connectivity index (χ2n) is 6.02. The number of amides is 1. The number of hydrogen-bond acceptors (Lipinski definition) is 7. The Labute approximate surface area is 169 Å². The first-order valence-corrected chi connectivity index (χ1v) is 9.30. The molecule has 0 atom stereocenters. The van der Waals surface area contributed by atoms with E-state index in [-0.39, 0.29) is 11.7 Å². The molecule has 4 aromatic rings. The fourth-order valence-electron chi connectivity index (χ4n) is 2.67. The number of carbonyl (C=O) groups excluding carboxylic acids is 1. The van der Waals surface area contributed by atoms with Gasteiger partial charge < -0.3 is 4.74 Å². The molecule has 2 aromatic carbocycles. The maximum atomic E-state index is 13.5. The third-order valence-electron chi connectivity index (χ3n) is 4.16. The molecular formula is C19H15FN6O2S. The minimum absolute atomic E-state index is 0.310. The SMILES string of the molecule is COc1ccc(C(=O)Nc2nc(-c3nnn(-c4cccc(F)c4)c3C)ns2)cc1. The van der Waals surface area contributed by atoms with Crippen molar-refractivity contribution in [2.24, 2.45) is 0 Å². The van der Waals surface area contributed by atoms with E-state index in [9.17, 15) is 9.18 Å². The van der Waals surface area contributed by atoms with Gasteiger partial charge in [-0.1, -0.05) is 11.3 Å². The van der Waals surface area contributed by atoms with Gasteiger partial charge in [-0.2, -0.15) is 9.36 Å². The van der Waals surface area contributed by atoms with E-state index >= 15 is 0 Å². The van der Waals surface area contributed by atoms with Crippen molar-refractivity contribution < 1.29 is 13.9 Å². The molecule has 146 valence electrons. The molecule has 0 radical (unpaired) electrons. The van der Waals surface area contributed by atoms with Crippen LogP contribution in [-0.2, 0) is 0 Å². The molecule has 0 unspecified atom stereocenters. The molecule has 4 rings (SSSR count). The number of aromatic nitrogens is 5. The van der Waals surface area contributed by atoms with Crippen molar-refractivity contribution in [2.75, 3.05) is 12.4 Å². The average Bonchev–Trinajstić information content (AvgIpc) is 3.34. The molecule has 0 aliphatic carbocycles. The fourth-order valence-corrected chi connectivity index (χ4v) is 3.24. The number of anilines is 1. The first kappa shape index (κ1) is 18.7.